The first-order valence-electron chi connectivity index (χ1n) is 6.05. The maximum atomic E-state index is 4.03. The summed E-state index contributed by atoms with van der Waals surface area (Å²) >= 11 is 0. The Morgan fingerprint density at radius 3 is 2.19 bits per heavy atom. The Bertz CT molecular complexity index is 447. The molecule has 86 valence electrons. The van der Waals surface area contributed by atoms with Gasteiger partial charge in [0.1, 0.15) is 0 Å². The highest BCUT2D eigenvalue weighted by Gasteiger charge is 2.41. The number of rotatable bonds is 1. The highest BCUT2D eigenvalue weighted by atomic mass is 14.5. The van der Waals surface area contributed by atoms with Gasteiger partial charge in [-0.2, -0.15) is 0 Å². The van der Waals surface area contributed by atoms with Gasteiger partial charge >= 0.3 is 0 Å². The van der Waals surface area contributed by atoms with Crippen LogP contribution in [0.25, 0.3) is 5.57 Å². The standard InChI is InChI=1S/C16H22/c1-11(2)12-7-8-13-14(9-12)16(5,6)10-15(13,3)4/h7-9H,1,10H2,2-6H3. The van der Waals surface area contributed by atoms with Gasteiger partial charge in [0.05, 0.1) is 0 Å². The normalized spacial score (nSPS) is 20.6. The fourth-order valence-electron chi connectivity index (χ4n) is 3.26. The molecule has 1 aliphatic rings. The first kappa shape index (κ1) is 11.4. The zero-order chi connectivity index (χ0) is 12.1. The van der Waals surface area contributed by atoms with E-state index < -0.39 is 0 Å². The molecule has 0 atom stereocenters. The van der Waals surface area contributed by atoms with Crippen LogP contribution in [0.15, 0.2) is 24.8 Å². The van der Waals surface area contributed by atoms with Crippen LogP contribution in [0.1, 0.15) is 57.7 Å². The van der Waals surface area contributed by atoms with Gasteiger partial charge in [0.2, 0.25) is 0 Å². The molecular weight excluding hydrogens is 192 g/mol. The van der Waals surface area contributed by atoms with Crippen molar-refractivity contribution in [3.8, 4) is 0 Å². The largest absolute Gasteiger partial charge is 0.0955 e. The van der Waals surface area contributed by atoms with Crippen LogP contribution in [0.4, 0.5) is 0 Å². The number of hydrogen-bond acceptors (Lipinski definition) is 0. The molecule has 0 heteroatoms. The fraction of sp³-hybridized carbons (Fsp3) is 0.500. The molecule has 0 fully saturated rings. The van der Waals surface area contributed by atoms with Crippen LogP contribution in [-0.2, 0) is 10.8 Å². The lowest BCUT2D eigenvalue weighted by atomic mass is 9.82. The molecule has 0 bridgehead atoms. The first-order valence-corrected chi connectivity index (χ1v) is 6.05. The van der Waals surface area contributed by atoms with Crippen molar-refractivity contribution in [2.45, 2.75) is 51.9 Å². The molecule has 1 aliphatic carbocycles. The van der Waals surface area contributed by atoms with Crippen LogP contribution in [-0.4, -0.2) is 0 Å². The Morgan fingerprint density at radius 2 is 1.62 bits per heavy atom. The maximum absolute atomic E-state index is 4.03. The van der Waals surface area contributed by atoms with Gasteiger partial charge in [0.25, 0.3) is 0 Å². The molecule has 0 saturated heterocycles. The minimum atomic E-state index is 0.296. The van der Waals surface area contributed by atoms with E-state index in [2.05, 4.69) is 59.4 Å². The van der Waals surface area contributed by atoms with E-state index in [0.29, 0.717) is 10.8 Å². The van der Waals surface area contributed by atoms with Gasteiger partial charge in [-0.15, -0.1) is 0 Å². The SMILES string of the molecule is C=C(C)c1ccc2c(c1)C(C)(C)CC2(C)C. The molecule has 16 heavy (non-hydrogen) atoms. The summed E-state index contributed by atoms with van der Waals surface area (Å²) in [4.78, 5) is 0. The Hall–Kier alpha value is -1.04. The molecule has 0 spiro atoms. The number of hydrogen-bond donors (Lipinski definition) is 0. The van der Waals surface area contributed by atoms with E-state index in [4.69, 9.17) is 0 Å². The third-order valence-corrected chi connectivity index (χ3v) is 3.85. The molecular formula is C16H22. The molecule has 1 aromatic rings. The van der Waals surface area contributed by atoms with Crippen molar-refractivity contribution in [1.29, 1.82) is 0 Å². The predicted octanol–water partition coefficient (Wildman–Crippen LogP) is 4.68. The summed E-state index contributed by atoms with van der Waals surface area (Å²) in [5.74, 6) is 0. The second-order valence-corrected chi connectivity index (χ2v) is 6.49. The minimum absolute atomic E-state index is 0.296. The van der Waals surface area contributed by atoms with E-state index in [9.17, 15) is 0 Å². The summed E-state index contributed by atoms with van der Waals surface area (Å²) in [5.41, 5.74) is 6.07. The quantitative estimate of drug-likeness (QED) is 0.637. The second kappa shape index (κ2) is 3.23. The monoisotopic (exact) mass is 214 g/mol. The third kappa shape index (κ3) is 1.61. The summed E-state index contributed by atoms with van der Waals surface area (Å²) in [5, 5.41) is 0. The lowest BCUT2D eigenvalue weighted by molar-refractivity contribution is 0.403. The van der Waals surface area contributed by atoms with Crippen LogP contribution in [0.2, 0.25) is 0 Å². The lowest BCUT2D eigenvalue weighted by Gasteiger charge is -2.22. The van der Waals surface area contributed by atoms with Crippen molar-refractivity contribution < 1.29 is 0 Å². The molecule has 1 aromatic carbocycles. The van der Waals surface area contributed by atoms with Gasteiger partial charge in [-0.1, -0.05) is 58.0 Å². The maximum Gasteiger partial charge on any atom is -0.00921 e. The van der Waals surface area contributed by atoms with Crippen LogP contribution < -0.4 is 0 Å². The molecule has 0 heterocycles. The van der Waals surface area contributed by atoms with Crippen molar-refractivity contribution in [2.24, 2.45) is 0 Å². The highest BCUT2D eigenvalue weighted by Crippen LogP contribution is 2.49. The average Bonchev–Trinajstić information content (AvgIpc) is 2.32. The van der Waals surface area contributed by atoms with E-state index in [1.807, 2.05) is 0 Å². The highest BCUT2D eigenvalue weighted by molar-refractivity contribution is 5.64. The molecule has 2 rings (SSSR count). The van der Waals surface area contributed by atoms with Gasteiger partial charge in [-0.3, -0.25) is 0 Å². The number of benzene rings is 1. The Kier molecular flexibility index (Phi) is 2.31. The van der Waals surface area contributed by atoms with Gasteiger partial charge in [0, 0.05) is 0 Å². The molecule has 0 N–H and O–H groups in total. The van der Waals surface area contributed by atoms with Crippen LogP contribution in [0.5, 0.6) is 0 Å². The minimum Gasteiger partial charge on any atom is -0.0955 e. The fourth-order valence-corrected chi connectivity index (χ4v) is 3.26. The first-order chi connectivity index (χ1) is 7.24. The van der Waals surface area contributed by atoms with Gasteiger partial charge in [-0.05, 0) is 40.9 Å². The zero-order valence-corrected chi connectivity index (χ0v) is 11.1. The summed E-state index contributed by atoms with van der Waals surface area (Å²) in [6.45, 7) is 15.5. The van der Waals surface area contributed by atoms with Crippen molar-refractivity contribution >= 4 is 5.57 Å². The topological polar surface area (TPSA) is 0 Å². The Balaban J connectivity index is 2.63. The van der Waals surface area contributed by atoms with Crippen molar-refractivity contribution in [2.75, 3.05) is 0 Å². The number of allylic oxidation sites excluding steroid dienone is 1. The van der Waals surface area contributed by atoms with Gasteiger partial charge in [-0.25, -0.2) is 0 Å². The Labute approximate surface area is 99.4 Å². The second-order valence-electron chi connectivity index (χ2n) is 6.49. The molecule has 0 nitrogen and oxygen atoms in total. The smallest absolute Gasteiger partial charge is 0.00921 e. The molecule has 0 aromatic heterocycles. The van der Waals surface area contributed by atoms with E-state index >= 15 is 0 Å². The molecule has 0 saturated carbocycles. The van der Waals surface area contributed by atoms with Gasteiger partial charge in [0.15, 0.2) is 0 Å². The average molecular weight is 214 g/mol. The zero-order valence-electron chi connectivity index (χ0n) is 11.1. The summed E-state index contributed by atoms with van der Waals surface area (Å²) < 4.78 is 0. The van der Waals surface area contributed by atoms with Crippen LogP contribution in [0, 0.1) is 0 Å². The molecule has 0 radical (unpaired) electrons. The van der Waals surface area contributed by atoms with E-state index in [0.717, 1.165) is 5.57 Å². The molecule has 0 unspecified atom stereocenters. The van der Waals surface area contributed by atoms with E-state index in [1.54, 1.807) is 0 Å². The van der Waals surface area contributed by atoms with E-state index in [-0.39, 0.29) is 0 Å². The van der Waals surface area contributed by atoms with Gasteiger partial charge < -0.3 is 0 Å². The van der Waals surface area contributed by atoms with E-state index in [1.165, 1.54) is 23.1 Å². The molecule has 0 aliphatic heterocycles. The number of fused-ring (bicyclic) bond motifs is 1. The van der Waals surface area contributed by atoms with Crippen LogP contribution >= 0.6 is 0 Å². The Morgan fingerprint density at radius 1 is 1.06 bits per heavy atom. The van der Waals surface area contributed by atoms with Crippen molar-refractivity contribution in [3.05, 3.63) is 41.5 Å². The van der Waals surface area contributed by atoms with Crippen molar-refractivity contribution in [3.63, 3.8) is 0 Å². The third-order valence-electron chi connectivity index (χ3n) is 3.85. The summed E-state index contributed by atoms with van der Waals surface area (Å²) in [6, 6.07) is 6.85. The summed E-state index contributed by atoms with van der Waals surface area (Å²) in [6.07, 6.45) is 1.23. The molecule has 0 amide bonds. The van der Waals surface area contributed by atoms with Crippen LogP contribution in [0.3, 0.4) is 0 Å². The lowest BCUT2D eigenvalue weighted by Crippen LogP contribution is -2.17. The summed E-state index contributed by atoms with van der Waals surface area (Å²) in [7, 11) is 0. The predicted molar refractivity (Wildman–Crippen MR) is 71.8 cm³/mol. The van der Waals surface area contributed by atoms with Crippen molar-refractivity contribution in [1.82, 2.24) is 0 Å².